The van der Waals surface area contributed by atoms with E-state index in [9.17, 15) is 9.59 Å². The monoisotopic (exact) mass is 322 g/mol. The smallest absolute Gasteiger partial charge is 0.252 e. The molecule has 2 rings (SSSR count). The van der Waals surface area contributed by atoms with Crippen molar-refractivity contribution in [1.29, 1.82) is 0 Å². The Morgan fingerprint density at radius 3 is 2.61 bits per heavy atom. The molecule has 1 atom stereocenters. The van der Waals surface area contributed by atoms with Crippen LogP contribution in [0.1, 0.15) is 13.3 Å². The number of imide groups is 1. The third kappa shape index (κ3) is 3.92. The molecule has 1 N–H and O–H groups in total. The summed E-state index contributed by atoms with van der Waals surface area (Å²) in [5.41, 5.74) is 0.697. The zero-order chi connectivity index (χ0) is 16.8. The number of likely N-dealkylation sites (N-methyl/N-ethyl adjacent to an activating group) is 1. The van der Waals surface area contributed by atoms with E-state index in [1.54, 1.807) is 39.3 Å². The molecule has 0 radical (unpaired) electrons. The van der Waals surface area contributed by atoms with Crippen molar-refractivity contribution in [2.75, 3.05) is 39.3 Å². The zero-order valence-electron chi connectivity index (χ0n) is 13.6. The number of methoxy groups -OCH3 is 2. The van der Waals surface area contributed by atoms with Gasteiger partial charge in [-0.1, -0.05) is 0 Å². The van der Waals surface area contributed by atoms with Gasteiger partial charge in [0.05, 0.1) is 20.1 Å². The summed E-state index contributed by atoms with van der Waals surface area (Å²) in [6.45, 7) is 3.03. The van der Waals surface area contributed by atoms with Gasteiger partial charge in [-0.25, -0.2) is 0 Å². The predicted molar refractivity (Wildman–Crippen MR) is 84.8 cm³/mol. The Hall–Kier alpha value is -2.28. The lowest BCUT2D eigenvalue weighted by Gasteiger charge is -2.16. The first-order valence-corrected chi connectivity index (χ1v) is 7.51. The number of carbonyl (C=O) groups excluding carboxylic acids is 2. The molecule has 1 aromatic rings. The second kappa shape index (κ2) is 7.82. The summed E-state index contributed by atoms with van der Waals surface area (Å²) in [5, 5.41) is 3.09. The summed E-state index contributed by atoms with van der Waals surface area (Å²) >= 11 is 0. The maximum atomic E-state index is 12.1. The lowest BCUT2D eigenvalue weighted by Crippen LogP contribution is -2.34. The zero-order valence-corrected chi connectivity index (χ0v) is 13.6. The number of anilines is 1. The van der Waals surface area contributed by atoms with Gasteiger partial charge < -0.3 is 19.5 Å². The number of amides is 2. The van der Waals surface area contributed by atoms with Gasteiger partial charge in [-0.15, -0.1) is 0 Å². The maximum Gasteiger partial charge on any atom is 0.252 e. The third-order valence-corrected chi connectivity index (χ3v) is 3.61. The van der Waals surface area contributed by atoms with E-state index in [4.69, 9.17) is 14.2 Å². The molecule has 1 heterocycles. The van der Waals surface area contributed by atoms with Crippen molar-refractivity contribution in [2.45, 2.75) is 19.4 Å². The van der Waals surface area contributed by atoms with E-state index < -0.39 is 6.04 Å². The van der Waals surface area contributed by atoms with Crippen LogP contribution in [0.25, 0.3) is 0 Å². The van der Waals surface area contributed by atoms with Crippen LogP contribution in [-0.4, -0.2) is 56.7 Å². The van der Waals surface area contributed by atoms with Crippen LogP contribution in [0.2, 0.25) is 0 Å². The van der Waals surface area contributed by atoms with Gasteiger partial charge in [0.2, 0.25) is 5.91 Å². The molecule has 23 heavy (non-hydrogen) atoms. The topological polar surface area (TPSA) is 77.1 Å². The second-order valence-corrected chi connectivity index (χ2v) is 5.08. The summed E-state index contributed by atoms with van der Waals surface area (Å²) in [6, 6.07) is 4.75. The molecule has 126 valence electrons. The summed E-state index contributed by atoms with van der Waals surface area (Å²) in [6.07, 6.45) is 0.165. The molecule has 0 aromatic heterocycles. The Morgan fingerprint density at radius 2 is 2.00 bits per heavy atom. The molecule has 1 aliphatic rings. The number of likely N-dealkylation sites (tertiary alicyclic amines) is 1. The lowest BCUT2D eigenvalue weighted by molar-refractivity contribution is -0.138. The molecule has 7 heteroatoms. The summed E-state index contributed by atoms with van der Waals surface area (Å²) in [7, 11) is 3.16. The van der Waals surface area contributed by atoms with Crippen LogP contribution in [0.5, 0.6) is 11.5 Å². The van der Waals surface area contributed by atoms with Gasteiger partial charge in [0, 0.05) is 25.4 Å². The highest BCUT2D eigenvalue weighted by atomic mass is 16.5. The molecule has 7 nitrogen and oxygen atoms in total. The molecule has 1 aliphatic heterocycles. The molecule has 1 saturated heterocycles. The Morgan fingerprint density at radius 1 is 1.22 bits per heavy atom. The lowest BCUT2D eigenvalue weighted by atomic mass is 10.2. The third-order valence-electron chi connectivity index (χ3n) is 3.61. The van der Waals surface area contributed by atoms with Gasteiger partial charge in [0.1, 0.15) is 12.6 Å². The molecular weight excluding hydrogens is 300 g/mol. The quantitative estimate of drug-likeness (QED) is 0.574. The van der Waals surface area contributed by atoms with E-state index in [1.165, 1.54) is 4.90 Å². The highest BCUT2D eigenvalue weighted by Gasteiger charge is 2.37. The molecular formula is C16H22N2O5. The fourth-order valence-electron chi connectivity index (χ4n) is 2.44. The van der Waals surface area contributed by atoms with Gasteiger partial charge in [0.25, 0.3) is 5.91 Å². The van der Waals surface area contributed by atoms with Crippen molar-refractivity contribution in [2.24, 2.45) is 0 Å². The standard InChI is InChI=1S/C16H22N2O5/c1-4-18-15(19)10-12(16(18)20)17-11-5-6-13(22-3)14(9-11)23-8-7-21-2/h5-6,9,12,17H,4,7-8,10H2,1-3H3. The largest absolute Gasteiger partial charge is 0.493 e. The molecule has 0 saturated carbocycles. The van der Waals surface area contributed by atoms with Crippen LogP contribution in [0.15, 0.2) is 18.2 Å². The number of benzene rings is 1. The van der Waals surface area contributed by atoms with E-state index in [0.29, 0.717) is 36.9 Å². The Kier molecular flexibility index (Phi) is 5.81. The van der Waals surface area contributed by atoms with Crippen molar-refractivity contribution in [1.82, 2.24) is 4.90 Å². The average Bonchev–Trinajstić information content (AvgIpc) is 2.81. The first kappa shape index (κ1) is 17.1. The SMILES string of the molecule is CCN1C(=O)CC(Nc2ccc(OC)c(OCCOC)c2)C1=O. The van der Waals surface area contributed by atoms with Gasteiger partial charge in [0.15, 0.2) is 11.5 Å². The van der Waals surface area contributed by atoms with Crippen molar-refractivity contribution < 1.29 is 23.8 Å². The van der Waals surface area contributed by atoms with E-state index >= 15 is 0 Å². The fourth-order valence-corrected chi connectivity index (χ4v) is 2.44. The summed E-state index contributed by atoms with van der Waals surface area (Å²) in [4.78, 5) is 25.2. The van der Waals surface area contributed by atoms with Crippen molar-refractivity contribution in [3.63, 3.8) is 0 Å². The minimum Gasteiger partial charge on any atom is -0.493 e. The van der Waals surface area contributed by atoms with Crippen molar-refractivity contribution in [3.05, 3.63) is 18.2 Å². The molecule has 0 spiro atoms. The molecule has 0 aliphatic carbocycles. The number of ether oxygens (including phenoxy) is 3. The number of carbonyl (C=O) groups is 2. The highest BCUT2D eigenvalue weighted by molar-refractivity contribution is 6.06. The highest BCUT2D eigenvalue weighted by Crippen LogP contribution is 2.31. The van der Waals surface area contributed by atoms with Crippen molar-refractivity contribution >= 4 is 17.5 Å². The van der Waals surface area contributed by atoms with Gasteiger partial charge in [-0.2, -0.15) is 0 Å². The molecule has 1 aromatic carbocycles. The van der Waals surface area contributed by atoms with E-state index in [1.807, 2.05) is 0 Å². The van der Waals surface area contributed by atoms with Gasteiger partial charge in [-0.05, 0) is 19.1 Å². The average molecular weight is 322 g/mol. The van der Waals surface area contributed by atoms with Crippen LogP contribution >= 0.6 is 0 Å². The Labute approximate surface area is 135 Å². The minimum atomic E-state index is -0.539. The predicted octanol–water partition coefficient (Wildman–Crippen LogP) is 1.28. The first-order valence-electron chi connectivity index (χ1n) is 7.51. The van der Waals surface area contributed by atoms with E-state index in [2.05, 4.69) is 5.32 Å². The van der Waals surface area contributed by atoms with Crippen molar-refractivity contribution in [3.8, 4) is 11.5 Å². The van der Waals surface area contributed by atoms with Crippen LogP contribution < -0.4 is 14.8 Å². The Balaban J connectivity index is 2.09. The Bertz CT molecular complexity index is 576. The van der Waals surface area contributed by atoms with Crippen LogP contribution in [0.3, 0.4) is 0 Å². The van der Waals surface area contributed by atoms with Crippen LogP contribution in [0.4, 0.5) is 5.69 Å². The first-order chi connectivity index (χ1) is 11.1. The second-order valence-electron chi connectivity index (χ2n) is 5.08. The molecule has 2 amide bonds. The van der Waals surface area contributed by atoms with E-state index in [0.717, 1.165) is 0 Å². The number of rotatable bonds is 8. The molecule has 0 bridgehead atoms. The normalized spacial score (nSPS) is 17.5. The van der Waals surface area contributed by atoms with Gasteiger partial charge >= 0.3 is 0 Å². The maximum absolute atomic E-state index is 12.1. The number of hydrogen-bond donors (Lipinski definition) is 1. The molecule has 1 unspecified atom stereocenters. The summed E-state index contributed by atoms with van der Waals surface area (Å²) in [5.74, 6) is 0.796. The van der Waals surface area contributed by atoms with E-state index in [-0.39, 0.29) is 18.2 Å². The number of nitrogens with one attached hydrogen (secondary N) is 1. The van der Waals surface area contributed by atoms with Crippen LogP contribution in [-0.2, 0) is 14.3 Å². The van der Waals surface area contributed by atoms with Crippen LogP contribution in [0, 0.1) is 0 Å². The minimum absolute atomic E-state index is 0.153. The number of nitrogens with zero attached hydrogens (tertiary/aromatic N) is 1. The molecule has 1 fully saturated rings. The fraction of sp³-hybridized carbons (Fsp3) is 0.500. The van der Waals surface area contributed by atoms with Gasteiger partial charge in [-0.3, -0.25) is 14.5 Å². The number of hydrogen-bond acceptors (Lipinski definition) is 6. The summed E-state index contributed by atoms with van der Waals surface area (Å²) < 4.78 is 15.8.